The van der Waals surface area contributed by atoms with Crippen molar-refractivity contribution in [2.45, 2.75) is 38.6 Å². The third kappa shape index (κ3) is 2.30. The molecule has 1 aromatic carbocycles. The third-order valence-corrected chi connectivity index (χ3v) is 4.48. The number of rotatable bonds is 3. The second kappa shape index (κ2) is 5.32. The van der Waals surface area contributed by atoms with E-state index in [2.05, 4.69) is 11.9 Å². The number of hydrogen-bond acceptors (Lipinski definition) is 1. The van der Waals surface area contributed by atoms with Crippen LogP contribution in [0.25, 0.3) is 11.0 Å². The topological polar surface area (TPSA) is 17.8 Å². The number of aromatic nitrogens is 2. The molecule has 0 amide bonds. The summed E-state index contributed by atoms with van der Waals surface area (Å²) in [5.74, 6) is 0.364. The Bertz CT molecular complexity index is 638. The molecule has 1 aromatic heterocycles. The SMILES string of the molecule is CC1CCC(Cn2c(CCl)nc3ccc(F)c(F)c32)C1. The Morgan fingerprint density at radius 3 is 2.80 bits per heavy atom. The number of halogens is 3. The number of imidazole rings is 1. The predicted octanol–water partition coefficient (Wildman–Crippen LogP) is 4.49. The van der Waals surface area contributed by atoms with Crippen LogP contribution >= 0.6 is 11.6 Å². The molecule has 0 aliphatic heterocycles. The van der Waals surface area contributed by atoms with Crippen LogP contribution in [0.4, 0.5) is 8.78 Å². The molecule has 0 bridgehead atoms. The summed E-state index contributed by atoms with van der Waals surface area (Å²) in [5.41, 5.74) is 0.728. The molecular formula is C15H17ClF2N2. The summed E-state index contributed by atoms with van der Waals surface area (Å²) < 4.78 is 29.3. The highest BCUT2D eigenvalue weighted by Crippen LogP contribution is 2.33. The first-order chi connectivity index (χ1) is 9.60. The summed E-state index contributed by atoms with van der Waals surface area (Å²) in [6, 6.07) is 2.63. The van der Waals surface area contributed by atoms with Gasteiger partial charge in [-0.1, -0.05) is 13.3 Å². The van der Waals surface area contributed by atoms with Crippen molar-refractivity contribution in [2.75, 3.05) is 0 Å². The molecular weight excluding hydrogens is 282 g/mol. The van der Waals surface area contributed by atoms with Crippen LogP contribution in [0.1, 0.15) is 32.0 Å². The lowest BCUT2D eigenvalue weighted by molar-refractivity contribution is 0.436. The van der Waals surface area contributed by atoms with Crippen LogP contribution in [0, 0.1) is 23.5 Å². The third-order valence-electron chi connectivity index (χ3n) is 4.24. The van der Waals surface area contributed by atoms with Crippen LogP contribution in [0.2, 0.25) is 0 Å². The van der Waals surface area contributed by atoms with E-state index in [1.165, 1.54) is 12.5 Å². The molecule has 1 saturated carbocycles. The Kier molecular flexibility index (Phi) is 3.67. The van der Waals surface area contributed by atoms with Gasteiger partial charge in [-0.3, -0.25) is 0 Å². The molecule has 108 valence electrons. The molecule has 1 aliphatic carbocycles. The van der Waals surface area contributed by atoms with Crippen LogP contribution < -0.4 is 0 Å². The summed E-state index contributed by atoms with van der Waals surface area (Å²) in [7, 11) is 0. The van der Waals surface area contributed by atoms with E-state index in [9.17, 15) is 8.78 Å². The van der Waals surface area contributed by atoms with Gasteiger partial charge in [-0.15, -0.1) is 11.6 Å². The normalized spacial score (nSPS) is 22.8. The predicted molar refractivity (Wildman–Crippen MR) is 75.7 cm³/mol. The summed E-state index contributed by atoms with van der Waals surface area (Å²) in [5, 5.41) is 0. The lowest BCUT2D eigenvalue weighted by Gasteiger charge is -2.14. The maximum atomic E-state index is 14.1. The molecule has 2 unspecified atom stereocenters. The minimum atomic E-state index is -0.834. The highest BCUT2D eigenvalue weighted by Gasteiger charge is 2.24. The van der Waals surface area contributed by atoms with Crippen molar-refractivity contribution in [3.05, 3.63) is 29.6 Å². The van der Waals surface area contributed by atoms with Gasteiger partial charge in [0, 0.05) is 6.54 Å². The zero-order chi connectivity index (χ0) is 14.3. The van der Waals surface area contributed by atoms with E-state index < -0.39 is 11.6 Å². The van der Waals surface area contributed by atoms with E-state index in [4.69, 9.17) is 11.6 Å². The van der Waals surface area contributed by atoms with Gasteiger partial charge in [-0.05, 0) is 36.8 Å². The van der Waals surface area contributed by atoms with Gasteiger partial charge in [-0.25, -0.2) is 13.8 Å². The first kappa shape index (κ1) is 13.8. The van der Waals surface area contributed by atoms with Gasteiger partial charge >= 0.3 is 0 Å². The maximum Gasteiger partial charge on any atom is 0.184 e. The Balaban J connectivity index is 2.05. The quantitative estimate of drug-likeness (QED) is 0.763. The molecule has 0 spiro atoms. The number of alkyl halides is 1. The van der Waals surface area contributed by atoms with Gasteiger partial charge in [0.15, 0.2) is 11.6 Å². The maximum absolute atomic E-state index is 14.1. The van der Waals surface area contributed by atoms with Crippen LogP contribution in [0.5, 0.6) is 0 Å². The van der Waals surface area contributed by atoms with Gasteiger partial charge in [-0.2, -0.15) is 0 Å². The molecule has 1 heterocycles. The van der Waals surface area contributed by atoms with Crippen molar-refractivity contribution in [2.24, 2.45) is 11.8 Å². The second-order valence-electron chi connectivity index (χ2n) is 5.79. The van der Waals surface area contributed by atoms with Crippen molar-refractivity contribution in [3.63, 3.8) is 0 Å². The first-order valence-corrected chi connectivity index (χ1v) is 7.52. The van der Waals surface area contributed by atoms with E-state index in [0.29, 0.717) is 29.7 Å². The van der Waals surface area contributed by atoms with Crippen LogP contribution in [0.3, 0.4) is 0 Å². The molecule has 5 heteroatoms. The largest absolute Gasteiger partial charge is 0.324 e. The van der Waals surface area contributed by atoms with E-state index in [-0.39, 0.29) is 11.4 Å². The molecule has 0 radical (unpaired) electrons. The molecule has 20 heavy (non-hydrogen) atoms. The van der Waals surface area contributed by atoms with Crippen molar-refractivity contribution in [1.82, 2.24) is 9.55 Å². The Morgan fingerprint density at radius 1 is 1.35 bits per heavy atom. The minimum Gasteiger partial charge on any atom is -0.324 e. The van der Waals surface area contributed by atoms with Gasteiger partial charge in [0.2, 0.25) is 0 Å². The first-order valence-electron chi connectivity index (χ1n) is 6.99. The second-order valence-corrected chi connectivity index (χ2v) is 6.05. The number of fused-ring (bicyclic) bond motifs is 1. The Morgan fingerprint density at radius 2 is 2.15 bits per heavy atom. The van der Waals surface area contributed by atoms with Crippen molar-refractivity contribution in [1.29, 1.82) is 0 Å². The summed E-state index contributed by atoms with van der Waals surface area (Å²) >= 11 is 5.91. The molecule has 2 aromatic rings. The number of nitrogens with zero attached hydrogens (tertiary/aromatic N) is 2. The molecule has 3 rings (SSSR count). The van der Waals surface area contributed by atoms with Crippen LogP contribution in [-0.2, 0) is 12.4 Å². The summed E-state index contributed by atoms with van der Waals surface area (Å²) in [4.78, 5) is 4.32. The van der Waals surface area contributed by atoms with E-state index in [1.54, 1.807) is 4.57 Å². The molecule has 0 N–H and O–H groups in total. The van der Waals surface area contributed by atoms with Crippen molar-refractivity contribution in [3.8, 4) is 0 Å². The average Bonchev–Trinajstić information content (AvgIpc) is 2.99. The molecule has 2 atom stereocenters. The Hall–Kier alpha value is -1.16. The zero-order valence-electron chi connectivity index (χ0n) is 11.4. The smallest absolute Gasteiger partial charge is 0.184 e. The lowest BCUT2D eigenvalue weighted by atomic mass is 10.1. The highest BCUT2D eigenvalue weighted by atomic mass is 35.5. The lowest BCUT2D eigenvalue weighted by Crippen LogP contribution is -2.11. The number of benzene rings is 1. The van der Waals surface area contributed by atoms with Gasteiger partial charge in [0.1, 0.15) is 11.3 Å². The van der Waals surface area contributed by atoms with E-state index in [1.807, 2.05) is 0 Å². The summed E-state index contributed by atoms with van der Waals surface area (Å²) in [6.07, 6.45) is 3.45. The highest BCUT2D eigenvalue weighted by molar-refractivity contribution is 6.16. The van der Waals surface area contributed by atoms with Crippen LogP contribution in [0.15, 0.2) is 12.1 Å². The van der Waals surface area contributed by atoms with E-state index in [0.717, 1.165) is 18.9 Å². The molecule has 1 aliphatic rings. The van der Waals surface area contributed by atoms with Crippen molar-refractivity contribution >= 4 is 22.6 Å². The van der Waals surface area contributed by atoms with Gasteiger partial charge in [0.25, 0.3) is 0 Å². The average molecular weight is 299 g/mol. The van der Waals surface area contributed by atoms with Crippen LogP contribution in [-0.4, -0.2) is 9.55 Å². The fourth-order valence-corrected chi connectivity index (χ4v) is 3.46. The fourth-order valence-electron chi connectivity index (χ4n) is 3.25. The van der Waals surface area contributed by atoms with Gasteiger partial charge < -0.3 is 4.57 Å². The van der Waals surface area contributed by atoms with E-state index >= 15 is 0 Å². The van der Waals surface area contributed by atoms with Gasteiger partial charge in [0.05, 0.1) is 11.4 Å². The Labute approximate surface area is 121 Å². The molecule has 0 saturated heterocycles. The molecule has 1 fully saturated rings. The monoisotopic (exact) mass is 298 g/mol. The fraction of sp³-hybridized carbons (Fsp3) is 0.533. The van der Waals surface area contributed by atoms with Crippen molar-refractivity contribution < 1.29 is 8.78 Å². The number of hydrogen-bond donors (Lipinski definition) is 0. The zero-order valence-corrected chi connectivity index (χ0v) is 12.1. The molecule has 2 nitrogen and oxygen atoms in total. The standard InChI is InChI=1S/C15H17ClF2N2/c1-9-2-3-10(6-9)8-20-13(7-16)19-12-5-4-11(17)14(18)15(12)20/h4-5,9-10H,2-3,6-8H2,1H3. The minimum absolute atomic E-state index is 0.206. The summed E-state index contributed by atoms with van der Waals surface area (Å²) in [6.45, 7) is 2.90.